The highest BCUT2D eigenvalue weighted by Gasteiger charge is 2.18. The Morgan fingerprint density at radius 3 is 2.72 bits per heavy atom. The lowest BCUT2D eigenvalue weighted by molar-refractivity contribution is 0.365. The van der Waals surface area contributed by atoms with Crippen molar-refractivity contribution >= 4 is 5.65 Å². The molecule has 6 nitrogen and oxygen atoms in total. The highest BCUT2D eigenvalue weighted by molar-refractivity contribution is 5.65. The van der Waals surface area contributed by atoms with Gasteiger partial charge in [-0.15, -0.1) is 0 Å². The van der Waals surface area contributed by atoms with Gasteiger partial charge in [0.2, 0.25) is 0 Å². The Labute approximate surface area is 168 Å². The predicted molar refractivity (Wildman–Crippen MR) is 114 cm³/mol. The van der Waals surface area contributed by atoms with Crippen molar-refractivity contribution in [2.24, 2.45) is 0 Å². The molecule has 0 fully saturated rings. The van der Waals surface area contributed by atoms with Gasteiger partial charge in [0.25, 0.3) is 5.56 Å². The van der Waals surface area contributed by atoms with E-state index in [-0.39, 0.29) is 5.56 Å². The summed E-state index contributed by atoms with van der Waals surface area (Å²) in [5.74, 6) is 0.542. The number of nitrogens with zero attached hydrogens (tertiary/aromatic N) is 4. The van der Waals surface area contributed by atoms with E-state index in [4.69, 9.17) is 9.84 Å². The zero-order valence-electron chi connectivity index (χ0n) is 16.7. The molecule has 4 rings (SSSR count). The normalized spacial score (nSPS) is 11.0. The number of benzene rings is 1. The fourth-order valence-electron chi connectivity index (χ4n) is 3.42. The SMILES string of the molecule is C=CCOc1cccn2c(=O)c(-c3cc(C)n(-c4cccc(C)c4)n3)c(C)nc12. The molecule has 4 aromatic rings. The molecule has 6 heteroatoms. The molecule has 0 unspecified atom stereocenters. The van der Waals surface area contributed by atoms with E-state index >= 15 is 0 Å². The Kier molecular flexibility index (Phi) is 4.76. The van der Waals surface area contributed by atoms with E-state index in [1.54, 1.807) is 24.4 Å². The molecule has 0 amide bonds. The van der Waals surface area contributed by atoms with Gasteiger partial charge in [-0.1, -0.05) is 24.8 Å². The quantitative estimate of drug-likeness (QED) is 0.486. The number of aryl methyl sites for hydroxylation is 3. The Hall–Kier alpha value is -3.67. The number of rotatable bonds is 5. The molecule has 0 bridgehead atoms. The first-order chi connectivity index (χ1) is 14.0. The van der Waals surface area contributed by atoms with Gasteiger partial charge in [-0.05, 0) is 56.7 Å². The average molecular weight is 386 g/mol. The summed E-state index contributed by atoms with van der Waals surface area (Å²) in [6.07, 6.45) is 3.35. The number of ether oxygens (including phenoxy) is 1. The lowest BCUT2D eigenvalue weighted by Gasteiger charge is -2.10. The molecule has 146 valence electrons. The maximum Gasteiger partial charge on any atom is 0.267 e. The molecule has 29 heavy (non-hydrogen) atoms. The molecule has 0 saturated carbocycles. The highest BCUT2D eigenvalue weighted by Crippen LogP contribution is 2.24. The maximum atomic E-state index is 13.3. The number of hydrogen-bond acceptors (Lipinski definition) is 4. The topological polar surface area (TPSA) is 61.4 Å². The molecule has 0 aliphatic carbocycles. The van der Waals surface area contributed by atoms with Crippen LogP contribution in [0, 0.1) is 20.8 Å². The second-order valence-electron chi connectivity index (χ2n) is 6.96. The second-order valence-corrected chi connectivity index (χ2v) is 6.96. The molecule has 0 aliphatic heterocycles. The molecule has 0 atom stereocenters. The minimum atomic E-state index is -0.176. The van der Waals surface area contributed by atoms with Gasteiger partial charge in [-0.25, -0.2) is 9.67 Å². The van der Waals surface area contributed by atoms with Crippen molar-refractivity contribution in [2.45, 2.75) is 20.8 Å². The number of fused-ring (bicyclic) bond motifs is 1. The summed E-state index contributed by atoms with van der Waals surface area (Å²) in [6, 6.07) is 13.6. The summed E-state index contributed by atoms with van der Waals surface area (Å²) in [6.45, 7) is 9.84. The molecular weight excluding hydrogens is 364 g/mol. The summed E-state index contributed by atoms with van der Waals surface area (Å²) < 4.78 is 9.00. The zero-order chi connectivity index (χ0) is 20.5. The summed E-state index contributed by atoms with van der Waals surface area (Å²) in [7, 11) is 0. The summed E-state index contributed by atoms with van der Waals surface area (Å²) >= 11 is 0. The van der Waals surface area contributed by atoms with Gasteiger partial charge in [0.05, 0.1) is 16.9 Å². The van der Waals surface area contributed by atoms with Gasteiger partial charge in [0.15, 0.2) is 11.4 Å². The second kappa shape index (κ2) is 7.39. The van der Waals surface area contributed by atoms with Gasteiger partial charge < -0.3 is 4.74 Å². The van der Waals surface area contributed by atoms with Crippen LogP contribution in [0.2, 0.25) is 0 Å². The first-order valence-electron chi connectivity index (χ1n) is 9.39. The van der Waals surface area contributed by atoms with Crippen LogP contribution < -0.4 is 10.3 Å². The van der Waals surface area contributed by atoms with E-state index in [9.17, 15) is 4.79 Å². The number of pyridine rings is 1. The van der Waals surface area contributed by atoms with E-state index in [0.717, 1.165) is 16.9 Å². The van der Waals surface area contributed by atoms with Crippen LogP contribution in [0.5, 0.6) is 5.75 Å². The lowest BCUT2D eigenvalue weighted by atomic mass is 10.1. The fourth-order valence-corrected chi connectivity index (χ4v) is 3.42. The minimum Gasteiger partial charge on any atom is -0.486 e. The van der Waals surface area contributed by atoms with Crippen LogP contribution in [0.1, 0.15) is 17.0 Å². The fraction of sp³-hybridized carbons (Fsp3) is 0.174. The predicted octanol–water partition coefficient (Wildman–Crippen LogP) is 4.04. The molecule has 0 N–H and O–H groups in total. The van der Waals surface area contributed by atoms with Crippen LogP contribution in [-0.4, -0.2) is 25.8 Å². The van der Waals surface area contributed by atoms with Crippen LogP contribution in [-0.2, 0) is 0 Å². The van der Waals surface area contributed by atoms with Crippen molar-refractivity contribution in [2.75, 3.05) is 6.61 Å². The molecule has 3 aromatic heterocycles. The summed E-state index contributed by atoms with van der Waals surface area (Å²) in [5.41, 5.74) is 5.05. The maximum absolute atomic E-state index is 13.3. The summed E-state index contributed by atoms with van der Waals surface area (Å²) in [4.78, 5) is 17.9. The van der Waals surface area contributed by atoms with E-state index in [1.807, 2.05) is 49.7 Å². The van der Waals surface area contributed by atoms with Gasteiger partial charge in [0.1, 0.15) is 12.3 Å². The first-order valence-corrected chi connectivity index (χ1v) is 9.39. The van der Waals surface area contributed by atoms with Crippen molar-refractivity contribution in [3.63, 3.8) is 0 Å². The number of hydrogen-bond donors (Lipinski definition) is 0. The van der Waals surface area contributed by atoms with E-state index in [1.165, 1.54) is 4.40 Å². The first kappa shape index (κ1) is 18.7. The zero-order valence-corrected chi connectivity index (χ0v) is 16.7. The largest absolute Gasteiger partial charge is 0.486 e. The van der Waals surface area contributed by atoms with E-state index in [2.05, 4.69) is 17.6 Å². The van der Waals surface area contributed by atoms with Crippen LogP contribution in [0.25, 0.3) is 22.6 Å². The third-order valence-corrected chi connectivity index (χ3v) is 4.75. The molecule has 0 saturated heterocycles. The van der Waals surface area contributed by atoms with Crippen LogP contribution in [0.15, 0.2) is 66.1 Å². The molecule has 0 spiro atoms. The Bertz CT molecular complexity index is 1280. The van der Waals surface area contributed by atoms with E-state index < -0.39 is 0 Å². The van der Waals surface area contributed by atoms with Crippen molar-refractivity contribution in [3.05, 3.63) is 88.6 Å². The molecule has 3 heterocycles. The van der Waals surface area contributed by atoms with Crippen molar-refractivity contribution in [1.29, 1.82) is 0 Å². The van der Waals surface area contributed by atoms with Gasteiger partial charge in [-0.3, -0.25) is 9.20 Å². The Morgan fingerprint density at radius 2 is 1.97 bits per heavy atom. The average Bonchev–Trinajstić information content (AvgIpc) is 3.07. The molecule has 0 radical (unpaired) electrons. The molecular formula is C23H22N4O2. The van der Waals surface area contributed by atoms with Gasteiger partial charge >= 0.3 is 0 Å². The standard InChI is InChI=1S/C23H22N4O2/c1-5-12-29-20-10-7-11-26-22(20)24-17(4)21(23(26)28)19-14-16(3)27(25-19)18-9-6-8-15(2)13-18/h5-11,13-14H,1,12H2,2-4H3. The van der Waals surface area contributed by atoms with Gasteiger partial charge in [-0.2, -0.15) is 5.10 Å². The Morgan fingerprint density at radius 1 is 1.14 bits per heavy atom. The third-order valence-electron chi connectivity index (χ3n) is 4.75. The minimum absolute atomic E-state index is 0.176. The van der Waals surface area contributed by atoms with Crippen molar-refractivity contribution < 1.29 is 4.74 Å². The van der Waals surface area contributed by atoms with Crippen LogP contribution >= 0.6 is 0 Å². The van der Waals surface area contributed by atoms with Crippen molar-refractivity contribution in [3.8, 4) is 22.7 Å². The molecule has 1 aromatic carbocycles. The number of aromatic nitrogens is 4. The molecule has 0 aliphatic rings. The third kappa shape index (κ3) is 3.33. The Balaban J connectivity index is 1.88. The lowest BCUT2D eigenvalue weighted by Crippen LogP contribution is -2.19. The summed E-state index contributed by atoms with van der Waals surface area (Å²) in [5, 5.41) is 4.71. The van der Waals surface area contributed by atoms with Crippen molar-refractivity contribution in [1.82, 2.24) is 19.2 Å². The monoisotopic (exact) mass is 386 g/mol. The van der Waals surface area contributed by atoms with Crippen LogP contribution in [0.3, 0.4) is 0 Å². The highest BCUT2D eigenvalue weighted by atomic mass is 16.5. The van der Waals surface area contributed by atoms with Gasteiger partial charge in [0, 0.05) is 11.9 Å². The van der Waals surface area contributed by atoms with Crippen LogP contribution in [0.4, 0.5) is 0 Å². The van der Waals surface area contributed by atoms with E-state index in [0.29, 0.717) is 35.0 Å². The smallest absolute Gasteiger partial charge is 0.267 e.